The molecular weight excluding hydrogens is 242 g/mol. The van der Waals surface area contributed by atoms with Crippen LogP contribution in [0.3, 0.4) is 0 Å². The lowest BCUT2D eigenvalue weighted by molar-refractivity contribution is 0.171. The molecule has 0 radical (unpaired) electrons. The highest BCUT2D eigenvalue weighted by Gasteiger charge is 2.19. The van der Waals surface area contributed by atoms with Crippen molar-refractivity contribution in [3.05, 3.63) is 18.2 Å². The molecular formula is C14H17N3O2. The summed E-state index contributed by atoms with van der Waals surface area (Å²) in [5.41, 5.74) is 1.17. The zero-order chi connectivity index (χ0) is 13.1. The Hall–Kier alpha value is -1.93. The number of nitriles is 1. The molecule has 1 aromatic carbocycles. The molecule has 2 aliphatic rings. The second kappa shape index (κ2) is 5.37. The predicted octanol–water partition coefficient (Wildman–Crippen LogP) is 1.10. The van der Waals surface area contributed by atoms with Gasteiger partial charge in [0.1, 0.15) is 13.2 Å². The van der Waals surface area contributed by atoms with Gasteiger partial charge in [0.25, 0.3) is 0 Å². The molecule has 1 saturated heterocycles. The van der Waals surface area contributed by atoms with Crippen LogP contribution in [0, 0.1) is 11.3 Å². The fraction of sp³-hybridized carbons (Fsp3) is 0.500. The summed E-state index contributed by atoms with van der Waals surface area (Å²) in [5.74, 6) is 1.67. The molecule has 1 fully saturated rings. The Morgan fingerprint density at radius 3 is 2.53 bits per heavy atom. The Morgan fingerprint density at radius 1 is 1.05 bits per heavy atom. The molecule has 0 saturated carbocycles. The predicted molar refractivity (Wildman–Crippen MR) is 71.7 cm³/mol. The molecule has 0 amide bonds. The van der Waals surface area contributed by atoms with E-state index in [0.717, 1.165) is 37.7 Å². The van der Waals surface area contributed by atoms with Gasteiger partial charge in [-0.3, -0.25) is 4.90 Å². The lowest BCUT2D eigenvalue weighted by Crippen LogP contribution is -2.46. The van der Waals surface area contributed by atoms with Gasteiger partial charge in [0.15, 0.2) is 11.5 Å². The summed E-state index contributed by atoms with van der Waals surface area (Å²) in [5, 5.41) is 8.70. The molecule has 0 N–H and O–H groups in total. The summed E-state index contributed by atoms with van der Waals surface area (Å²) in [6.45, 7) is 5.52. The number of nitrogens with zero attached hydrogens (tertiary/aromatic N) is 3. The van der Waals surface area contributed by atoms with E-state index in [9.17, 15) is 0 Å². The molecule has 0 atom stereocenters. The molecule has 0 unspecified atom stereocenters. The molecule has 2 heterocycles. The van der Waals surface area contributed by atoms with Gasteiger partial charge in [0.2, 0.25) is 0 Å². The minimum absolute atomic E-state index is 0.523. The third kappa shape index (κ3) is 2.59. The quantitative estimate of drug-likeness (QED) is 0.744. The van der Waals surface area contributed by atoms with E-state index >= 15 is 0 Å². The molecule has 2 aliphatic heterocycles. The van der Waals surface area contributed by atoms with E-state index in [1.54, 1.807) is 0 Å². The first-order valence-corrected chi connectivity index (χ1v) is 6.61. The number of benzene rings is 1. The molecule has 3 rings (SSSR count). The summed E-state index contributed by atoms with van der Waals surface area (Å²) < 4.78 is 11.1. The molecule has 0 spiro atoms. The zero-order valence-electron chi connectivity index (χ0n) is 10.8. The van der Waals surface area contributed by atoms with Gasteiger partial charge in [0.05, 0.1) is 12.6 Å². The van der Waals surface area contributed by atoms with Gasteiger partial charge in [-0.25, -0.2) is 0 Å². The Labute approximate surface area is 112 Å². The van der Waals surface area contributed by atoms with Crippen molar-refractivity contribution in [1.29, 1.82) is 5.26 Å². The summed E-state index contributed by atoms with van der Waals surface area (Å²) >= 11 is 0. The van der Waals surface area contributed by atoms with Crippen molar-refractivity contribution in [2.24, 2.45) is 0 Å². The molecule has 1 aromatic rings. The van der Waals surface area contributed by atoms with E-state index in [1.807, 2.05) is 6.07 Å². The van der Waals surface area contributed by atoms with E-state index in [-0.39, 0.29) is 0 Å². The Kier molecular flexibility index (Phi) is 3.43. The van der Waals surface area contributed by atoms with Gasteiger partial charge in [-0.05, 0) is 12.1 Å². The molecule has 5 heteroatoms. The van der Waals surface area contributed by atoms with Crippen LogP contribution in [-0.2, 0) is 0 Å². The van der Waals surface area contributed by atoms with E-state index < -0.39 is 0 Å². The van der Waals surface area contributed by atoms with Gasteiger partial charge in [-0.2, -0.15) is 5.26 Å². The van der Waals surface area contributed by atoms with Crippen LogP contribution >= 0.6 is 0 Å². The normalized spacial score (nSPS) is 19.0. The number of ether oxygens (including phenoxy) is 2. The number of anilines is 1. The van der Waals surface area contributed by atoms with Crippen molar-refractivity contribution < 1.29 is 9.47 Å². The topological polar surface area (TPSA) is 48.7 Å². The van der Waals surface area contributed by atoms with Crippen LogP contribution in [0.5, 0.6) is 11.5 Å². The van der Waals surface area contributed by atoms with Crippen molar-refractivity contribution in [1.82, 2.24) is 4.90 Å². The van der Waals surface area contributed by atoms with Gasteiger partial charge in [0, 0.05) is 37.9 Å². The summed E-state index contributed by atoms with van der Waals surface area (Å²) in [6, 6.07) is 8.31. The monoisotopic (exact) mass is 259 g/mol. The minimum Gasteiger partial charge on any atom is -0.486 e. The number of piperazine rings is 1. The minimum atomic E-state index is 0.523. The summed E-state index contributed by atoms with van der Waals surface area (Å²) in [7, 11) is 0. The van der Waals surface area contributed by atoms with Crippen LogP contribution in [0.15, 0.2) is 18.2 Å². The van der Waals surface area contributed by atoms with Crippen molar-refractivity contribution in [3.8, 4) is 17.6 Å². The van der Waals surface area contributed by atoms with Crippen LogP contribution in [0.4, 0.5) is 5.69 Å². The first kappa shape index (κ1) is 12.1. The van der Waals surface area contributed by atoms with Crippen LogP contribution in [0.1, 0.15) is 0 Å². The maximum absolute atomic E-state index is 8.70. The van der Waals surface area contributed by atoms with Gasteiger partial charge in [-0.15, -0.1) is 0 Å². The molecule has 0 aliphatic carbocycles. The molecule has 100 valence electrons. The van der Waals surface area contributed by atoms with Crippen molar-refractivity contribution >= 4 is 5.69 Å². The maximum atomic E-state index is 8.70. The number of hydrogen-bond donors (Lipinski definition) is 0. The van der Waals surface area contributed by atoms with E-state index in [2.05, 4.69) is 28.0 Å². The highest BCUT2D eigenvalue weighted by Crippen LogP contribution is 2.34. The summed E-state index contributed by atoms with van der Waals surface area (Å²) in [4.78, 5) is 4.50. The average Bonchev–Trinajstić information content (AvgIpc) is 2.48. The van der Waals surface area contributed by atoms with E-state index in [1.165, 1.54) is 5.69 Å². The number of rotatable bonds is 2. The smallest absolute Gasteiger partial charge is 0.163 e. The maximum Gasteiger partial charge on any atom is 0.163 e. The molecule has 0 aromatic heterocycles. The third-order valence-electron chi connectivity index (χ3n) is 3.56. The highest BCUT2D eigenvalue weighted by atomic mass is 16.6. The molecule has 0 bridgehead atoms. The number of fused-ring (bicyclic) bond motifs is 1. The summed E-state index contributed by atoms with van der Waals surface area (Å²) in [6.07, 6.45) is 0. The fourth-order valence-electron chi connectivity index (χ4n) is 2.49. The first-order chi connectivity index (χ1) is 9.36. The zero-order valence-corrected chi connectivity index (χ0v) is 10.8. The van der Waals surface area contributed by atoms with Crippen LogP contribution in [-0.4, -0.2) is 50.8 Å². The van der Waals surface area contributed by atoms with Gasteiger partial charge < -0.3 is 14.4 Å². The van der Waals surface area contributed by atoms with Crippen molar-refractivity contribution in [3.63, 3.8) is 0 Å². The van der Waals surface area contributed by atoms with E-state index in [0.29, 0.717) is 19.8 Å². The van der Waals surface area contributed by atoms with Gasteiger partial charge >= 0.3 is 0 Å². The van der Waals surface area contributed by atoms with E-state index in [4.69, 9.17) is 14.7 Å². The third-order valence-corrected chi connectivity index (χ3v) is 3.56. The SMILES string of the molecule is N#CCN1CCN(c2ccc3c(c2)OCCO3)CC1. The fourth-order valence-corrected chi connectivity index (χ4v) is 2.49. The lowest BCUT2D eigenvalue weighted by atomic mass is 10.2. The highest BCUT2D eigenvalue weighted by molar-refractivity contribution is 5.57. The van der Waals surface area contributed by atoms with Crippen LogP contribution in [0.2, 0.25) is 0 Å². The largest absolute Gasteiger partial charge is 0.486 e. The number of hydrogen-bond acceptors (Lipinski definition) is 5. The molecule has 5 nitrogen and oxygen atoms in total. The average molecular weight is 259 g/mol. The van der Waals surface area contributed by atoms with Crippen molar-refractivity contribution in [2.45, 2.75) is 0 Å². The van der Waals surface area contributed by atoms with Crippen molar-refractivity contribution in [2.75, 3.05) is 50.8 Å². The second-order valence-electron chi connectivity index (χ2n) is 4.75. The van der Waals surface area contributed by atoms with Crippen LogP contribution in [0.25, 0.3) is 0 Å². The Morgan fingerprint density at radius 2 is 1.79 bits per heavy atom. The standard InChI is InChI=1S/C14H17N3O2/c15-3-4-16-5-7-17(8-6-16)12-1-2-13-14(11-12)19-10-9-18-13/h1-2,11H,4-10H2. The van der Waals surface area contributed by atoms with Gasteiger partial charge in [-0.1, -0.05) is 0 Å². The first-order valence-electron chi connectivity index (χ1n) is 6.61. The Balaban J connectivity index is 1.68. The second-order valence-corrected chi connectivity index (χ2v) is 4.75. The molecule has 19 heavy (non-hydrogen) atoms. The lowest BCUT2D eigenvalue weighted by Gasteiger charge is -2.35. The Bertz CT molecular complexity index is 490. The van der Waals surface area contributed by atoms with Crippen LogP contribution < -0.4 is 14.4 Å².